The number of rotatable bonds is 3. The van der Waals surface area contributed by atoms with Gasteiger partial charge in [-0.3, -0.25) is 14.2 Å². The van der Waals surface area contributed by atoms with Gasteiger partial charge in [-0.2, -0.15) is 10.5 Å². The van der Waals surface area contributed by atoms with Crippen LogP contribution < -0.4 is 5.56 Å². The normalized spacial score (nSPS) is 10.5. The van der Waals surface area contributed by atoms with Crippen molar-refractivity contribution in [2.75, 3.05) is 0 Å². The topological polar surface area (TPSA) is 132 Å². The van der Waals surface area contributed by atoms with E-state index in [1.165, 1.54) is 14.0 Å². The van der Waals surface area contributed by atoms with E-state index in [2.05, 4.69) is 10.2 Å². The van der Waals surface area contributed by atoms with Crippen molar-refractivity contribution in [1.82, 2.24) is 4.57 Å². The average Bonchev–Trinajstić information content (AvgIpc) is 2.88. The van der Waals surface area contributed by atoms with E-state index in [-0.39, 0.29) is 37.3 Å². The molecule has 8 nitrogen and oxygen atoms in total. The maximum absolute atomic E-state index is 12.2. The van der Waals surface area contributed by atoms with Crippen LogP contribution in [0.4, 0.5) is 10.7 Å². The van der Waals surface area contributed by atoms with Gasteiger partial charge < -0.3 is 5.11 Å². The van der Waals surface area contributed by atoms with Crippen molar-refractivity contribution in [1.29, 1.82) is 10.5 Å². The van der Waals surface area contributed by atoms with E-state index in [0.29, 0.717) is 6.29 Å². The fourth-order valence-electron chi connectivity index (χ4n) is 1.88. The maximum atomic E-state index is 12.2. The SMILES string of the molecule is Cc1c(C#N)c(O)n(C)c(=O)c1N=Nc1sc(C=O)c(Cl)c1C#N. The van der Waals surface area contributed by atoms with Crippen LogP contribution in [0, 0.1) is 29.6 Å². The smallest absolute Gasteiger partial charge is 0.281 e. The standard InChI is InChI=1S/C14H8ClN5O3S/c1-6-7(3-16)13(22)20(2)14(23)11(6)18-19-12-8(4-17)10(15)9(5-21)24-12/h5,22H,1-2H3. The number of aldehydes is 1. The number of aromatic nitrogens is 1. The lowest BCUT2D eigenvalue weighted by atomic mass is 10.1. The highest BCUT2D eigenvalue weighted by molar-refractivity contribution is 7.18. The number of azo groups is 1. The number of carbonyl (C=O) groups excluding carboxylic acids is 1. The molecule has 2 heterocycles. The summed E-state index contributed by atoms with van der Waals surface area (Å²) in [7, 11) is 1.28. The first-order valence-corrected chi connectivity index (χ1v) is 7.48. The Morgan fingerprint density at radius 3 is 2.46 bits per heavy atom. The van der Waals surface area contributed by atoms with Crippen LogP contribution in [0.5, 0.6) is 5.88 Å². The first-order chi connectivity index (χ1) is 11.4. The summed E-state index contributed by atoms with van der Waals surface area (Å²) in [5.41, 5.74) is -0.804. The molecular weight excluding hydrogens is 354 g/mol. The molecule has 0 aromatic carbocycles. The number of carbonyl (C=O) groups is 1. The molecule has 24 heavy (non-hydrogen) atoms. The van der Waals surface area contributed by atoms with Gasteiger partial charge in [0.1, 0.15) is 23.3 Å². The highest BCUT2D eigenvalue weighted by atomic mass is 35.5. The minimum absolute atomic E-state index is 0.0266. The molecule has 0 aliphatic heterocycles. The summed E-state index contributed by atoms with van der Waals surface area (Å²) in [6.07, 6.45) is 0.492. The van der Waals surface area contributed by atoms with E-state index >= 15 is 0 Å². The molecule has 0 spiro atoms. The molecule has 2 rings (SSSR count). The third-order valence-electron chi connectivity index (χ3n) is 3.21. The molecule has 0 unspecified atom stereocenters. The summed E-state index contributed by atoms with van der Waals surface area (Å²) in [5, 5.41) is 35.6. The van der Waals surface area contributed by atoms with E-state index in [9.17, 15) is 14.7 Å². The van der Waals surface area contributed by atoms with Crippen molar-refractivity contribution in [2.45, 2.75) is 6.92 Å². The van der Waals surface area contributed by atoms with Gasteiger partial charge in [-0.1, -0.05) is 11.6 Å². The van der Waals surface area contributed by atoms with E-state index in [1.807, 2.05) is 6.07 Å². The Morgan fingerprint density at radius 1 is 1.29 bits per heavy atom. The quantitative estimate of drug-likeness (QED) is 0.662. The lowest BCUT2D eigenvalue weighted by Gasteiger charge is -2.08. The fourth-order valence-corrected chi connectivity index (χ4v) is 3.00. The predicted octanol–water partition coefficient (Wildman–Crippen LogP) is 3.09. The lowest BCUT2D eigenvalue weighted by Crippen LogP contribution is -2.18. The average molecular weight is 362 g/mol. The van der Waals surface area contributed by atoms with Crippen LogP contribution in [0.2, 0.25) is 5.02 Å². The molecular formula is C14H8ClN5O3S. The van der Waals surface area contributed by atoms with Gasteiger partial charge in [0.2, 0.25) is 5.88 Å². The van der Waals surface area contributed by atoms with E-state index in [0.717, 1.165) is 15.9 Å². The monoisotopic (exact) mass is 361 g/mol. The molecule has 0 radical (unpaired) electrons. The van der Waals surface area contributed by atoms with Crippen LogP contribution in [0.25, 0.3) is 0 Å². The molecule has 0 bridgehead atoms. The Balaban J connectivity index is 2.66. The van der Waals surface area contributed by atoms with Crippen molar-refractivity contribution >= 4 is 39.9 Å². The Hall–Kier alpha value is -3.01. The van der Waals surface area contributed by atoms with Gasteiger partial charge in [-0.05, 0) is 6.92 Å². The maximum Gasteiger partial charge on any atom is 0.281 e. The molecule has 0 aliphatic rings. The summed E-state index contributed by atoms with van der Waals surface area (Å²) in [5.74, 6) is -0.473. The number of hydrogen-bond donors (Lipinski definition) is 1. The largest absolute Gasteiger partial charge is 0.493 e. The van der Waals surface area contributed by atoms with Crippen LogP contribution in [0.1, 0.15) is 26.4 Å². The molecule has 10 heteroatoms. The molecule has 2 aromatic heterocycles. The van der Waals surface area contributed by atoms with Gasteiger partial charge in [0.25, 0.3) is 5.56 Å². The van der Waals surface area contributed by atoms with Crippen LogP contribution in [-0.2, 0) is 7.05 Å². The second kappa shape index (κ2) is 6.62. The molecule has 0 atom stereocenters. The zero-order valence-electron chi connectivity index (χ0n) is 12.4. The Labute approximate surface area is 144 Å². The minimum atomic E-state index is -0.662. The van der Waals surface area contributed by atoms with Crippen LogP contribution in [-0.4, -0.2) is 16.0 Å². The van der Waals surface area contributed by atoms with E-state index in [1.54, 1.807) is 6.07 Å². The number of halogens is 1. The Morgan fingerprint density at radius 2 is 1.92 bits per heavy atom. The molecule has 0 fully saturated rings. The van der Waals surface area contributed by atoms with E-state index < -0.39 is 11.4 Å². The molecule has 0 aliphatic carbocycles. The zero-order chi connectivity index (χ0) is 18.0. The minimum Gasteiger partial charge on any atom is -0.493 e. The molecule has 0 saturated heterocycles. The molecule has 0 saturated carbocycles. The van der Waals surface area contributed by atoms with Gasteiger partial charge in [0.05, 0.1) is 9.90 Å². The highest BCUT2D eigenvalue weighted by Gasteiger charge is 2.19. The van der Waals surface area contributed by atoms with Gasteiger partial charge in [-0.25, -0.2) is 0 Å². The van der Waals surface area contributed by atoms with Gasteiger partial charge in [-0.15, -0.1) is 21.6 Å². The Kier molecular flexibility index (Phi) is 4.79. The summed E-state index contributed by atoms with van der Waals surface area (Å²) in [4.78, 5) is 23.2. The number of aromatic hydroxyl groups is 1. The number of thiophene rings is 1. The van der Waals surface area contributed by atoms with Crippen LogP contribution in [0.15, 0.2) is 15.0 Å². The molecule has 2 aromatic rings. The van der Waals surface area contributed by atoms with Gasteiger partial charge >= 0.3 is 0 Å². The number of nitrogens with zero attached hydrogens (tertiary/aromatic N) is 5. The van der Waals surface area contributed by atoms with Gasteiger partial charge in [0.15, 0.2) is 17.0 Å². The van der Waals surface area contributed by atoms with Crippen molar-refractivity contribution in [3.8, 4) is 18.0 Å². The lowest BCUT2D eigenvalue weighted by molar-refractivity contribution is 0.112. The second-order valence-corrected chi connectivity index (χ2v) is 5.95. The van der Waals surface area contributed by atoms with Gasteiger partial charge in [0, 0.05) is 12.6 Å². The number of nitriles is 2. The predicted molar refractivity (Wildman–Crippen MR) is 86.4 cm³/mol. The highest BCUT2D eigenvalue weighted by Crippen LogP contribution is 2.38. The molecule has 1 N–H and O–H groups in total. The fraction of sp³-hybridized carbons (Fsp3) is 0.143. The summed E-state index contributed by atoms with van der Waals surface area (Å²) < 4.78 is 0.864. The summed E-state index contributed by atoms with van der Waals surface area (Å²) in [6, 6.07) is 3.60. The van der Waals surface area contributed by atoms with Crippen molar-refractivity contribution in [2.24, 2.45) is 17.3 Å². The van der Waals surface area contributed by atoms with E-state index in [4.69, 9.17) is 22.1 Å². The zero-order valence-corrected chi connectivity index (χ0v) is 13.9. The van der Waals surface area contributed by atoms with Crippen LogP contribution in [0.3, 0.4) is 0 Å². The van der Waals surface area contributed by atoms with Crippen molar-refractivity contribution in [3.63, 3.8) is 0 Å². The van der Waals surface area contributed by atoms with Crippen molar-refractivity contribution in [3.05, 3.63) is 36.9 Å². The molecule has 0 amide bonds. The number of pyridine rings is 1. The first kappa shape index (κ1) is 17.3. The van der Waals surface area contributed by atoms with Crippen molar-refractivity contribution < 1.29 is 9.90 Å². The third-order valence-corrected chi connectivity index (χ3v) is 4.71. The Bertz CT molecular complexity index is 1020. The molecule has 120 valence electrons. The van der Waals surface area contributed by atoms with Crippen LogP contribution >= 0.6 is 22.9 Å². The number of hydrogen-bond acceptors (Lipinski definition) is 8. The summed E-state index contributed by atoms with van der Waals surface area (Å²) in [6.45, 7) is 1.44. The first-order valence-electron chi connectivity index (χ1n) is 6.29. The summed E-state index contributed by atoms with van der Waals surface area (Å²) >= 11 is 6.73. The second-order valence-electron chi connectivity index (χ2n) is 4.54. The third kappa shape index (κ3) is 2.67.